The van der Waals surface area contributed by atoms with Crippen molar-refractivity contribution in [3.05, 3.63) is 76.4 Å². The molecule has 1 aliphatic rings. The van der Waals surface area contributed by atoms with Crippen LogP contribution in [0.5, 0.6) is 0 Å². The molecule has 0 saturated carbocycles. The summed E-state index contributed by atoms with van der Waals surface area (Å²) in [7, 11) is 0. The average molecular weight is 319 g/mol. The van der Waals surface area contributed by atoms with E-state index in [9.17, 15) is 4.79 Å². The molecule has 2 aromatic carbocycles. The number of carbonyl (C=O) groups is 1. The van der Waals surface area contributed by atoms with E-state index in [1.165, 1.54) is 0 Å². The van der Waals surface area contributed by atoms with E-state index in [1.807, 2.05) is 62.4 Å². The molecule has 0 aromatic heterocycles. The molecule has 2 aromatic rings. The average Bonchev–Trinajstić information content (AvgIpc) is 2.54. The van der Waals surface area contributed by atoms with Gasteiger partial charge in [0.05, 0.1) is 5.70 Å². The van der Waals surface area contributed by atoms with Gasteiger partial charge in [-0.25, -0.2) is 4.99 Å². The Morgan fingerprint density at radius 2 is 1.67 bits per heavy atom. The molecule has 1 heterocycles. The van der Waals surface area contributed by atoms with E-state index in [-0.39, 0.29) is 11.8 Å². The molecule has 1 unspecified atom stereocenters. The fourth-order valence-corrected chi connectivity index (χ4v) is 3.24. The molecule has 0 saturated heterocycles. The second-order valence-electron chi connectivity index (χ2n) is 6.06. The molecule has 24 heavy (non-hydrogen) atoms. The van der Waals surface area contributed by atoms with Crippen LogP contribution in [-0.2, 0) is 4.79 Å². The zero-order valence-corrected chi connectivity index (χ0v) is 14.1. The van der Waals surface area contributed by atoms with E-state index in [1.54, 1.807) is 6.92 Å². The predicted octanol–water partition coefficient (Wildman–Crippen LogP) is 3.26. The van der Waals surface area contributed by atoms with Crippen LogP contribution in [0.15, 0.2) is 59.1 Å². The minimum atomic E-state index is -0.389. The van der Waals surface area contributed by atoms with Crippen molar-refractivity contribution in [1.29, 1.82) is 0 Å². The third kappa shape index (κ3) is 2.83. The van der Waals surface area contributed by atoms with Gasteiger partial charge in [0.25, 0.3) is 0 Å². The van der Waals surface area contributed by atoms with Crippen LogP contribution in [0.2, 0.25) is 0 Å². The maximum atomic E-state index is 12.5. The maximum absolute atomic E-state index is 12.5. The van der Waals surface area contributed by atoms with Gasteiger partial charge in [-0.15, -0.1) is 0 Å². The van der Waals surface area contributed by atoms with Crippen LogP contribution in [0.25, 0.3) is 5.70 Å². The number of guanidine groups is 1. The molecular weight excluding hydrogens is 298 g/mol. The van der Waals surface area contributed by atoms with E-state index < -0.39 is 0 Å². The Balaban J connectivity index is 2.26. The van der Waals surface area contributed by atoms with E-state index >= 15 is 0 Å². The number of aryl methyl sites for hydroxylation is 2. The Bertz CT molecular complexity index is 830. The van der Waals surface area contributed by atoms with Gasteiger partial charge < -0.3 is 11.1 Å². The first kappa shape index (κ1) is 16.0. The summed E-state index contributed by atoms with van der Waals surface area (Å²) in [5.74, 6) is 0.316. The molecule has 0 aliphatic carbocycles. The Kier molecular flexibility index (Phi) is 4.21. The molecule has 1 atom stereocenters. The van der Waals surface area contributed by atoms with Crippen molar-refractivity contribution in [1.82, 2.24) is 5.32 Å². The summed E-state index contributed by atoms with van der Waals surface area (Å²) >= 11 is 0. The molecule has 0 bridgehead atoms. The smallest absolute Gasteiger partial charge is 0.194 e. The van der Waals surface area contributed by atoms with Gasteiger partial charge in [0.15, 0.2) is 11.7 Å². The largest absolute Gasteiger partial charge is 0.370 e. The van der Waals surface area contributed by atoms with Gasteiger partial charge in [0.2, 0.25) is 0 Å². The number of benzene rings is 2. The number of ketones is 1. The van der Waals surface area contributed by atoms with E-state index in [4.69, 9.17) is 5.73 Å². The number of carbonyl (C=O) groups excluding carboxylic acids is 1. The first-order valence-corrected chi connectivity index (χ1v) is 7.96. The van der Waals surface area contributed by atoms with E-state index in [0.717, 1.165) is 28.0 Å². The van der Waals surface area contributed by atoms with Gasteiger partial charge in [0, 0.05) is 5.57 Å². The maximum Gasteiger partial charge on any atom is 0.194 e. The molecule has 0 fully saturated rings. The van der Waals surface area contributed by atoms with Gasteiger partial charge in [-0.05, 0) is 43.0 Å². The molecule has 1 aliphatic heterocycles. The van der Waals surface area contributed by atoms with Gasteiger partial charge in [-0.2, -0.15) is 0 Å². The predicted molar refractivity (Wildman–Crippen MR) is 97.5 cm³/mol. The minimum absolute atomic E-state index is 0.00902. The topological polar surface area (TPSA) is 67.5 Å². The van der Waals surface area contributed by atoms with Crippen molar-refractivity contribution < 1.29 is 4.79 Å². The molecule has 3 N–H and O–H groups in total. The van der Waals surface area contributed by atoms with Gasteiger partial charge in [0.1, 0.15) is 6.04 Å². The van der Waals surface area contributed by atoms with Crippen LogP contribution in [-0.4, -0.2) is 11.7 Å². The van der Waals surface area contributed by atoms with Gasteiger partial charge in [-0.1, -0.05) is 48.5 Å². The van der Waals surface area contributed by atoms with Crippen molar-refractivity contribution in [2.45, 2.75) is 26.8 Å². The molecule has 3 rings (SSSR count). The quantitative estimate of drug-likeness (QED) is 0.912. The number of nitrogens with two attached hydrogens (primary N) is 1. The standard InChI is InChI=1S/C20H21N3O/c1-12-8-7-9-13(2)16(12)19-17(14(3)24)18(22-20(21)23-19)15-10-5-4-6-11-15/h4-11,19H,1-3H3,(H3,21,22,23). The number of rotatable bonds is 3. The zero-order chi connectivity index (χ0) is 17.3. The lowest BCUT2D eigenvalue weighted by Crippen LogP contribution is -2.37. The lowest BCUT2D eigenvalue weighted by atomic mass is 9.87. The number of Topliss-reactive ketones (excluding diaryl/α,β-unsaturated/α-hetero) is 1. The summed E-state index contributed by atoms with van der Waals surface area (Å²) in [6.07, 6.45) is 0. The Morgan fingerprint density at radius 1 is 1.04 bits per heavy atom. The zero-order valence-electron chi connectivity index (χ0n) is 14.1. The number of nitrogens with zero attached hydrogens (tertiary/aromatic N) is 1. The summed E-state index contributed by atoms with van der Waals surface area (Å²) in [5.41, 5.74) is 11.6. The monoisotopic (exact) mass is 319 g/mol. The Labute approximate surface area is 142 Å². The lowest BCUT2D eigenvalue weighted by molar-refractivity contribution is -0.113. The van der Waals surface area contributed by atoms with Crippen molar-refractivity contribution in [3.8, 4) is 0 Å². The lowest BCUT2D eigenvalue weighted by Gasteiger charge is -2.28. The molecular formula is C20H21N3O. The first-order valence-electron chi connectivity index (χ1n) is 7.96. The highest BCUT2D eigenvalue weighted by Gasteiger charge is 2.30. The van der Waals surface area contributed by atoms with Gasteiger partial charge in [-0.3, -0.25) is 4.79 Å². The molecule has 122 valence electrons. The van der Waals surface area contributed by atoms with Crippen molar-refractivity contribution >= 4 is 17.4 Å². The van der Waals surface area contributed by atoms with Crippen LogP contribution < -0.4 is 11.1 Å². The first-order chi connectivity index (χ1) is 11.5. The molecule has 4 nitrogen and oxygen atoms in total. The number of aliphatic imine (C=N–C) groups is 1. The Hall–Kier alpha value is -2.88. The third-order valence-corrected chi connectivity index (χ3v) is 4.32. The normalized spacial score (nSPS) is 17.3. The van der Waals surface area contributed by atoms with Crippen molar-refractivity contribution in [3.63, 3.8) is 0 Å². The minimum Gasteiger partial charge on any atom is -0.370 e. The molecule has 0 spiro atoms. The summed E-state index contributed by atoms with van der Waals surface area (Å²) in [5, 5.41) is 3.09. The second-order valence-corrected chi connectivity index (χ2v) is 6.06. The molecule has 0 amide bonds. The van der Waals surface area contributed by atoms with E-state index in [2.05, 4.69) is 10.3 Å². The van der Waals surface area contributed by atoms with Gasteiger partial charge >= 0.3 is 0 Å². The summed E-state index contributed by atoms with van der Waals surface area (Å²) in [6, 6.07) is 15.5. The summed E-state index contributed by atoms with van der Waals surface area (Å²) in [4.78, 5) is 17.0. The summed E-state index contributed by atoms with van der Waals surface area (Å²) < 4.78 is 0. The molecule has 0 radical (unpaired) electrons. The van der Waals surface area contributed by atoms with Crippen LogP contribution >= 0.6 is 0 Å². The highest BCUT2D eigenvalue weighted by molar-refractivity contribution is 6.07. The Morgan fingerprint density at radius 3 is 2.25 bits per heavy atom. The van der Waals surface area contributed by atoms with Crippen molar-refractivity contribution in [2.75, 3.05) is 0 Å². The fraction of sp³-hybridized carbons (Fsp3) is 0.200. The van der Waals surface area contributed by atoms with Crippen LogP contribution in [0.1, 0.15) is 35.2 Å². The highest BCUT2D eigenvalue weighted by atomic mass is 16.1. The number of nitrogens with one attached hydrogen (secondary N) is 1. The highest BCUT2D eigenvalue weighted by Crippen LogP contribution is 2.37. The molecule has 4 heteroatoms. The second kappa shape index (κ2) is 6.32. The number of hydrogen-bond donors (Lipinski definition) is 2. The fourth-order valence-electron chi connectivity index (χ4n) is 3.24. The summed E-state index contributed by atoms with van der Waals surface area (Å²) in [6.45, 7) is 5.66. The SMILES string of the molecule is CC(=O)C1=C(c2ccccc2)NC(N)=NC1c1c(C)cccc1C. The van der Waals surface area contributed by atoms with Crippen molar-refractivity contribution in [2.24, 2.45) is 10.7 Å². The van der Waals surface area contributed by atoms with Crippen LogP contribution in [0, 0.1) is 13.8 Å². The van der Waals surface area contributed by atoms with Crippen LogP contribution in [0.4, 0.5) is 0 Å². The number of hydrogen-bond acceptors (Lipinski definition) is 4. The van der Waals surface area contributed by atoms with E-state index in [0.29, 0.717) is 11.5 Å². The van der Waals surface area contributed by atoms with Crippen LogP contribution in [0.3, 0.4) is 0 Å². The third-order valence-electron chi connectivity index (χ3n) is 4.32.